The van der Waals surface area contributed by atoms with E-state index in [0.29, 0.717) is 11.3 Å². The fraction of sp³-hybridized carbons (Fsp3) is 0.471. The lowest BCUT2D eigenvalue weighted by atomic mass is 9.92. The first-order valence-corrected chi connectivity index (χ1v) is 8.78. The van der Waals surface area contributed by atoms with Crippen LogP contribution >= 0.6 is 11.8 Å². The fourth-order valence-corrected chi connectivity index (χ4v) is 3.44. The molecule has 8 heteroatoms. The summed E-state index contributed by atoms with van der Waals surface area (Å²) in [6.07, 6.45) is 0.139. The Morgan fingerprint density at radius 3 is 2.60 bits per heavy atom. The maximum atomic E-state index is 12.7. The molecule has 0 radical (unpaired) electrons. The zero-order valence-electron chi connectivity index (χ0n) is 14.3. The number of hydrogen-bond donors (Lipinski definition) is 2. The Hall–Kier alpha value is -2.22. The number of fused-ring (bicyclic) bond motifs is 1. The molecule has 1 heterocycles. The van der Waals surface area contributed by atoms with Gasteiger partial charge in [0.2, 0.25) is 5.91 Å². The molecule has 2 rings (SSSR count). The van der Waals surface area contributed by atoms with Crippen LogP contribution in [0.1, 0.15) is 25.0 Å². The van der Waals surface area contributed by atoms with Gasteiger partial charge in [-0.25, -0.2) is 4.79 Å². The van der Waals surface area contributed by atoms with Crippen LogP contribution in [0.25, 0.3) is 0 Å². The third kappa shape index (κ3) is 4.25. The molecule has 1 aromatic carbocycles. The van der Waals surface area contributed by atoms with E-state index in [4.69, 9.17) is 4.74 Å². The van der Waals surface area contributed by atoms with E-state index in [1.54, 1.807) is 13.0 Å². The minimum atomic E-state index is -1.09. The number of aliphatic carboxylic acids is 1. The second kappa shape index (κ2) is 7.77. The third-order valence-electron chi connectivity index (χ3n) is 4.16. The lowest BCUT2D eigenvalue weighted by Gasteiger charge is -2.36. The molecule has 0 aliphatic carbocycles. The summed E-state index contributed by atoms with van der Waals surface area (Å²) in [7, 11) is 1.42. The number of ether oxygens (including phenoxy) is 1. The molecule has 0 saturated heterocycles. The number of methoxy groups -OCH3 is 1. The number of amides is 1. The van der Waals surface area contributed by atoms with Gasteiger partial charge in [0, 0.05) is 31.6 Å². The van der Waals surface area contributed by atoms with E-state index in [-0.39, 0.29) is 35.5 Å². The molecule has 0 fully saturated rings. The highest BCUT2D eigenvalue weighted by atomic mass is 32.2. The van der Waals surface area contributed by atoms with Gasteiger partial charge in [-0.15, -0.1) is 0 Å². The first-order chi connectivity index (χ1) is 11.7. The molecule has 1 aliphatic rings. The molecule has 1 aliphatic heterocycles. The molecule has 0 saturated carbocycles. The van der Waals surface area contributed by atoms with Crippen molar-refractivity contribution in [2.45, 2.75) is 32.9 Å². The molecule has 0 aromatic heterocycles. The van der Waals surface area contributed by atoms with Crippen LogP contribution in [0.4, 0.5) is 0 Å². The number of carbonyl (C=O) groups excluding carboxylic acids is 2. The molecular formula is C17H21NO6S. The van der Waals surface area contributed by atoms with E-state index in [2.05, 4.69) is 0 Å². The van der Waals surface area contributed by atoms with Crippen molar-refractivity contribution in [3.05, 3.63) is 23.3 Å². The Morgan fingerprint density at radius 2 is 2.04 bits per heavy atom. The van der Waals surface area contributed by atoms with Gasteiger partial charge in [-0.2, -0.15) is 0 Å². The van der Waals surface area contributed by atoms with E-state index in [0.717, 1.165) is 17.3 Å². The Labute approximate surface area is 150 Å². The number of carboxylic acids is 1. The lowest BCUT2D eigenvalue weighted by molar-refractivity contribution is -0.152. The maximum absolute atomic E-state index is 12.7. The van der Waals surface area contributed by atoms with Gasteiger partial charge in [0.05, 0.1) is 7.11 Å². The molecule has 7 nitrogen and oxygen atoms in total. The van der Waals surface area contributed by atoms with E-state index in [9.17, 15) is 24.6 Å². The number of phenolic OH excluding ortho intramolecular Hbond substituents is 1. The van der Waals surface area contributed by atoms with Gasteiger partial charge in [-0.05, 0) is 23.3 Å². The van der Waals surface area contributed by atoms with Gasteiger partial charge >= 0.3 is 5.97 Å². The predicted molar refractivity (Wildman–Crippen MR) is 92.6 cm³/mol. The highest BCUT2D eigenvalue weighted by Crippen LogP contribution is 2.34. The van der Waals surface area contributed by atoms with Crippen LogP contribution in [0.15, 0.2) is 12.1 Å². The molecule has 2 N–H and O–H groups in total. The number of carboxylic acid groups (broad SMARTS) is 1. The highest BCUT2D eigenvalue weighted by molar-refractivity contribution is 8.13. The summed E-state index contributed by atoms with van der Waals surface area (Å²) in [5.74, 6) is -1.36. The van der Waals surface area contributed by atoms with Crippen molar-refractivity contribution in [2.24, 2.45) is 5.92 Å². The number of rotatable bonds is 5. The van der Waals surface area contributed by atoms with E-state index < -0.39 is 17.9 Å². The Bertz CT molecular complexity index is 705. The molecular weight excluding hydrogens is 346 g/mol. The number of thioether (sulfide) groups is 1. The van der Waals surface area contributed by atoms with Crippen molar-refractivity contribution in [1.29, 1.82) is 0 Å². The van der Waals surface area contributed by atoms with Crippen molar-refractivity contribution in [3.8, 4) is 11.5 Å². The van der Waals surface area contributed by atoms with Gasteiger partial charge in [-0.3, -0.25) is 9.59 Å². The summed E-state index contributed by atoms with van der Waals surface area (Å²) in [6, 6.07) is 2.12. The number of phenols is 1. The molecule has 1 aromatic rings. The summed E-state index contributed by atoms with van der Waals surface area (Å²) < 4.78 is 5.06. The van der Waals surface area contributed by atoms with Gasteiger partial charge in [-0.1, -0.05) is 18.7 Å². The van der Waals surface area contributed by atoms with E-state index in [1.807, 2.05) is 0 Å². The van der Waals surface area contributed by atoms with Gasteiger partial charge < -0.3 is 19.8 Å². The summed E-state index contributed by atoms with van der Waals surface area (Å²) in [5.41, 5.74) is 1.42. The molecule has 2 unspecified atom stereocenters. The molecule has 2 atom stereocenters. The van der Waals surface area contributed by atoms with Crippen LogP contribution in [-0.4, -0.2) is 51.0 Å². The zero-order chi connectivity index (χ0) is 18.7. The minimum absolute atomic E-state index is 0.0531. The van der Waals surface area contributed by atoms with Gasteiger partial charge in [0.25, 0.3) is 0 Å². The maximum Gasteiger partial charge on any atom is 0.326 e. The van der Waals surface area contributed by atoms with Crippen molar-refractivity contribution < 1.29 is 29.3 Å². The average Bonchev–Trinajstić information content (AvgIpc) is 2.57. The van der Waals surface area contributed by atoms with Gasteiger partial charge in [0.1, 0.15) is 6.04 Å². The van der Waals surface area contributed by atoms with Crippen LogP contribution < -0.4 is 4.74 Å². The fourth-order valence-electron chi connectivity index (χ4n) is 2.82. The molecule has 136 valence electrons. The Kier molecular flexibility index (Phi) is 5.94. The van der Waals surface area contributed by atoms with E-state index in [1.165, 1.54) is 25.0 Å². The monoisotopic (exact) mass is 367 g/mol. The number of aromatic hydroxyl groups is 1. The summed E-state index contributed by atoms with van der Waals surface area (Å²) in [4.78, 5) is 36.7. The van der Waals surface area contributed by atoms with Crippen LogP contribution in [0.3, 0.4) is 0 Å². The molecule has 25 heavy (non-hydrogen) atoms. The molecule has 1 amide bonds. The largest absolute Gasteiger partial charge is 0.504 e. The second-order valence-electron chi connectivity index (χ2n) is 6.02. The lowest BCUT2D eigenvalue weighted by Crippen LogP contribution is -2.50. The Morgan fingerprint density at radius 1 is 1.36 bits per heavy atom. The molecule has 0 bridgehead atoms. The van der Waals surface area contributed by atoms with Crippen molar-refractivity contribution in [1.82, 2.24) is 4.90 Å². The third-order valence-corrected chi connectivity index (χ3v) is 5.23. The number of benzene rings is 1. The quantitative estimate of drug-likeness (QED) is 0.815. The average molecular weight is 367 g/mol. The summed E-state index contributed by atoms with van der Waals surface area (Å²) in [5, 5.41) is 19.4. The van der Waals surface area contributed by atoms with Crippen LogP contribution in [0, 0.1) is 5.92 Å². The van der Waals surface area contributed by atoms with Crippen LogP contribution in [0.2, 0.25) is 0 Å². The summed E-state index contributed by atoms with van der Waals surface area (Å²) in [6.45, 7) is 3.20. The van der Waals surface area contributed by atoms with Crippen LogP contribution in [0.5, 0.6) is 11.5 Å². The smallest absolute Gasteiger partial charge is 0.326 e. The number of carbonyl (C=O) groups is 3. The SMILES string of the molecule is COc1cc2c(cc1O)CN(C(=O)C(C)CSC(C)=O)C(C(=O)O)C2. The van der Waals surface area contributed by atoms with Crippen molar-refractivity contribution in [2.75, 3.05) is 12.9 Å². The first kappa shape index (κ1) is 19.1. The van der Waals surface area contributed by atoms with Gasteiger partial charge in [0.15, 0.2) is 16.6 Å². The number of hydrogen-bond acceptors (Lipinski definition) is 6. The van der Waals surface area contributed by atoms with E-state index >= 15 is 0 Å². The standard InChI is InChI=1S/C17H21NO6S/c1-9(8-25-10(2)19)16(21)18-7-12-5-14(20)15(24-3)6-11(12)4-13(18)17(22)23/h5-6,9,13,20H,4,7-8H2,1-3H3,(H,22,23). The first-order valence-electron chi connectivity index (χ1n) is 7.80. The van der Waals surface area contributed by atoms with Crippen molar-refractivity contribution >= 4 is 28.8 Å². The zero-order valence-corrected chi connectivity index (χ0v) is 15.1. The highest BCUT2D eigenvalue weighted by Gasteiger charge is 2.36. The minimum Gasteiger partial charge on any atom is -0.504 e. The predicted octanol–water partition coefficient (Wildman–Crippen LogP) is 1.65. The topological polar surface area (TPSA) is 104 Å². The molecule has 0 spiro atoms. The normalized spacial score (nSPS) is 17.6. The number of nitrogens with zero attached hydrogens (tertiary/aromatic N) is 1. The summed E-state index contributed by atoms with van der Waals surface area (Å²) >= 11 is 1.04. The van der Waals surface area contributed by atoms with Crippen LogP contribution in [-0.2, 0) is 27.3 Å². The Balaban J connectivity index is 2.28. The second-order valence-corrected chi connectivity index (χ2v) is 7.22. The van der Waals surface area contributed by atoms with Crippen molar-refractivity contribution in [3.63, 3.8) is 0 Å².